The molecule has 0 saturated heterocycles. The van der Waals surface area contributed by atoms with Gasteiger partial charge in [-0.05, 0) is 53.6 Å². The molecule has 0 aliphatic carbocycles. The molecule has 7 nitrogen and oxygen atoms in total. The summed E-state index contributed by atoms with van der Waals surface area (Å²) in [6.45, 7) is -0.271. The van der Waals surface area contributed by atoms with E-state index in [1.807, 2.05) is 12.1 Å². The van der Waals surface area contributed by atoms with E-state index in [4.69, 9.17) is 10.00 Å². The van der Waals surface area contributed by atoms with Gasteiger partial charge in [-0.2, -0.15) is 10.5 Å². The van der Waals surface area contributed by atoms with E-state index in [0.29, 0.717) is 33.5 Å². The molecule has 11 heteroatoms. The van der Waals surface area contributed by atoms with Crippen LogP contribution in [0.3, 0.4) is 0 Å². The average Bonchev–Trinajstić information content (AvgIpc) is 3.33. The van der Waals surface area contributed by atoms with Gasteiger partial charge in [-0.3, -0.25) is 0 Å². The molecule has 4 aromatic rings. The van der Waals surface area contributed by atoms with Crippen LogP contribution >= 0.6 is 12.4 Å². The topological polar surface area (TPSA) is 104 Å². The van der Waals surface area contributed by atoms with Crippen molar-refractivity contribution in [3.63, 3.8) is 0 Å². The minimum Gasteiger partial charge on any atom is -0.489 e. The van der Waals surface area contributed by atoms with Gasteiger partial charge in [-0.15, -0.1) is 25.6 Å². The first-order chi connectivity index (χ1) is 17.6. The number of aliphatic hydroxyl groups is 1. The van der Waals surface area contributed by atoms with E-state index in [-0.39, 0.29) is 30.5 Å². The highest BCUT2D eigenvalue weighted by Crippen LogP contribution is 2.36. The zero-order valence-electron chi connectivity index (χ0n) is 19.8. The number of hydrogen-bond donors (Lipinski definition) is 1. The average molecular weight is 541 g/mol. The van der Waals surface area contributed by atoms with Crippen LogP contribution in [0.25, 0.3) is 11.1 Å². The second-order valence-corrected chi connectivity index (χ2v) is 8.12. The van der Waals surface area contributed by atoms with Crippen LogP contribution in [-0.2, 0) is 12.6 Å². The Labute approximate surface area is 222 Å². The summed E-state index contributed by atoms with van der Waals surface area (Å²) in [4.78, 5) is 4.09. The molecule has 1 heterocycles. The highest BCUT2D eigenvalue weighted by Gasteiger charge is 2.36. The maximum Gasteiger partial charge on any atom is 0.573 e. The molecule has 0 amide bonds. The number of aromatic nitrogens is 2. The molecule has 0 radical (unpaired) electrons. The molecular weight excluding hydrogens is 521 g/mol. The normalized spacial score (nSPS) is 12.4. The molecular formula is C27H20ClF3N4O3. The largest absolute Gasteiger partial charge is 0.573 e. The van der Waals surface area contributed by atoms with Gasteiger partial charge in [0.1, 0.15) is 18.1 Å². The van der Waals surface area contributed by atoms with Crippen LogP contribution in [0.4, 0.5) is 13.2 Å². The lowest BCUT2D eigenvalue weighted by Gasteiger charge is -2.29. The Bertz CT molecular complexity index is 1490. The molecule has 4 rings (SSSR count). The molecule has 0 aliphatic heterocycles. The first kappa shape index (κ1) is 28.1. The first-order valence-corrected chi connectivity index (χ1v) is 10.9. The maximum atomic E-state index is 12.5. The fourth-order valence-electron chi connectivity index (χ4n) is 3.85. The summed E-state index contributed by atoms with van der Waals surface area (Å²) in [5.41, 5.74) is 0.861. The van der Waals surface area contributed by atoms with E-state index in [1.54, 1.807) is 48.0 Å². The van der Waals surface area contributed by atoms with Crippen molar-refractivity contribution in [1.29, 1.82) is 10.5 Å². The van der Waals surface area contributed by atoms with E-state index < -0.39 is 12.0 Å². The van der Waals surface area contributed by atoms with Crippen molar-refractivity contribution in [3.05, 3.63) is 102 Å². The van der Waals surface area contributed by atoms with Crippen molar-refractivity contribution in [2.75, 3.05) is 6.61 Å². The van der Waals surface area contributed by atoms with Crippen LogP contribution in [-0.4, -0.2) is 27.6 Å². The summed E-state index contributed by atoms with van der Waals surface area (Å²) >= 11 is 0. The van der Waals surface area contributed by atoms with Gasteiger partial charge in [-0.1, -0.05) is 24.3 Å². The number of aryl methyl sites for hydroxylation is 1. The monoisotopic (exact) mass is 540 g/mol. The number of imidazole rings is 1. The standard InChI is InChI=1S/C27H19F3N4O3.ClH/c1-34-17-33-15-25(34)26(35,21-7-2-18(13-31)3-8-21)16-36-24-11-4-19(14-32)12-23(24)20-5-9-22(10-6-20)37-27(28,29)30;/h2-12,15,17,35H,16H2,1H3;1H/t26-;/m0./s1. The van der Waals surface area contributed by atoms with Crippen molar-refractivity contribution in [1.82, 2.24) is 9.55 Å². The molecule has 0 aliphatic rings. The molecule has 194 valence electrons. The summed E-state index contributed by atoms with van der Waals surface area (Å²) in [5, 5.41) is 30.3. The fourth-order valence-corrected chi connectivity index (χ4v) is 3.85. The molecule has 1 aromatic heterocycles. The smallest absolute Gasteiger partial charge is 0.489 e. The third-order valence-electron chi connectivity index (χ3n) is 5.68. The van der Waals surface area contributed by atoms with E-state index in [0.717, 1.165) is 12.1 Å². The number of ether oxygens (including phenoxy) is 2. The summed E-state index contributed by atoms with van der Waals surface area (Å²) in [7, 11) is 1.72. The van der Waals surface area contributed by atoms with E-state index in [2.05, 4.69) is 9.72 Å². The highest BCUT2D eigenvalue weighted by molar-refractivity contribution is 5.85. The molecule has 0 saturated carbocycles. The molecule has 0 bridgehead atoms. The van der Waals surface area contributed by atoms with Gasteiger partial charge in [0.25, 0.3) is 0 Å². The Morgan fingerprint density at radius 3 is 2.13 bits per heavy atom. The van der Waals surface area contributed by atoms with Gasteiger partial charge in [0.15, 0.2) is 5.60 Å². The predicted molar refractivity (Wildman–Crippen MR) is 133 cm³/mol. The SMILES string of the molecule is Cl.Cn1cncc1[C@](O)(COc1ccc(C#N)cc1-c1ccc(OC(F)(F)F)cc1)c1ccc(C#N)cc1. The highest BCUT2D eigenvalue weighted by atomic mass is 35.5. The fraction of sp³-hybridized carbons (Fsp3) is 0.148. The molecule has 1 N–H and O–H groups in total. The van der Waals surface area contributed by atoms with Crippen molar-refractivity contribution < 1.29 is 27.8 Å². The Balaban J connectivity index is 0.00000400. The van der Waals surface area contributed by atoms with Gasteiger partial charge in [0, 0.05) is 12.6 Å². The summed E-state index contributed by atoms with van der Waals surface area (Å²) in [6.07, 6.45) is -1.79. The zero-order chi connectivity index (χ0) is 26.6. The lowest BCUT2D eigenvalue weighted by molar-refractivity contribution is -0.274. The Morgan fingerprint density at radius 2 is 1.58 bits per heavy atom. The minimum atomic E-state index is -4.82. The lowest BCUT2D eigenvalue weighted by atomic mass is 9.90. The third-order valence-corrected chi connectivity index (χ3v) is 5.68. The van der Waals surface area contributed by atoms with E-state index >= 15 is 0 Å². The van der Waals surface area contributed by atoms with E-state index in [9.17, 15) is 23.5 Å². The molecule has 3 aromatic carbocycles. The molecule has 0 unspecified atom stereocenters. The van der Waals surface area contributed by atoms with Crippen LogP contribution in [0.1, 0.15) is 22.4 Å². The maximum absolute atomic E-state index is 12.5. The van der Waals surface area contributed by atoms with Crippen molar-refractivity contribution in [2.45, 2.75) is 12.0 Å². The molecule has 0 fully saturated rings. The van der Waals surface area contributed by atoms with Gasteiger partial charge >= 0.3 is 6.36 Å². The molecule has 0 spiro atoms. The van der Waals surface area contributed by atoms with Crippen LogP contribution < -0.4 is 9.47 Å². The quantitative estimate of drug-likeness (QED) is 0.333. The number of halogens is 4. The van der Waals surface area contributed by atoms with Crippen LogP contribution in [0.2, 0.25) is 0 Å². The predicted octanol–water partition coefficient (Wildman–Crippen LogP) is 5.47. The number of alkyl halides is 3. The molecule has 38 heavy (non-hydrogen) atoms. The van der Waals surface area contributed by atoms with Crippen LogP contribution in [0, 0.1) is 22.7 Å². The third kappa shape index (κ3) is 6.06. The summed E-state index contributed by atoms with van der Waals surface area (Å²) < 4.78 is 49.3. The number of rotatable bonds is 7. The van der Waals surface area contributed by atoms with Crippen molar-refractivity contribution in [3.8, 4) is 34.8 Å². The van der Waals surface area contributed by atoms with Gasteiger partial charge in [-0.25, -0.2) is 4.98 Å². The second kappa shape index (κ2) is 11.3. The Morgan fingerprint density at radius 1 is 0.947 bits per heavy atom. The van der Waals surface area contributed by atoms with Crippen LogP contribution in [0.15, 0.2) is 79.3 Å². The Hall–Kier alpha value is -4.51. The van der Waals surface area contributed by atoms with Gasteiger partial charge < -0.3 is 19.1 Å². The summed E-state index contributed by atoms with van der Waals surface area (Å²) in [6, 6.07) is 20.2. The van der Waals surface area contributed by atoms with Crippen LogP contribution in [0.5, 0.6) is 11.5 Å². The number of hydrogen-bond acceptors (Lipinski definition) is 6. The van der Waals surface area contributed by atoms with Crippen molar-refractivity contribution in [2.24, 2.45) is 7.05 Å². The number of nitrogens with zero attached hydrogens (tertiary/aromatic N) is 4. The van der Waals surface area contributed by atoms with E-state index in [1.165, 1.54) is 30.7 Å². The lowest BCUT2D eigenvalue weighted by Crippen LogP contribution is -2.36. The zero-order valence-corrected chi connectivity index (χ0v) is 20.6. The minimum absolute atomic E-state index is 0. The Kier molecular flexibility index (Phi) is 8.32. The second-order valence-electron chi connectivity index (χ2n) is 8.12. The van der Waals surface area contributed by atoms with Crippen molar-refractivity contribution >= 4 is 12.4 Å². The number of benzene rings is 3. The molecule has 1 atom stereocenters. The van der Waals surface area contributed by atoms with Gasteiger partial charge in [0.2, 0.25) is 0 Å². The summed E-state index contributed by atoms with van der Waals surface area (Å²) in [5.74, 6) is -0.0979. The van der Waals surface area contributed by atoms with Gasteiger partial charge in [0.05, 0.1) is 41.5 Å². The number of nitriles is 2. The first-order valence-electron chi connectivity index (χ1n) is 10.9.